The SMILES string of the molecule is Cc1ccc(C(=O)NCC(F)(F)F)cc1NC(=O)c1csc(CCN)n1.Cl. The molecule has 0 saturated carbocycles. The maximum atomic E-state index is 12.3. The molecule has 0 spiro atoms. The lowest BCUT2D eigenvalue weighted by molar-refractivity contribution is -0.123. The average Bonchev–Trinajstić information content (AvgIpc) is 3.03. The minimum absolute atomic E-state index is 0. The predicted octanol–water partition coefficient (Wildman–Crippen LogP) is 2.92. The largest absolute Gasteiger partial charge is 0.405 e. The zero-order chi connectivity index (χ0) is 19.3. The van der Waals surface area contributed by atoms with Gasteiger partial charge in [0.1, 0.15) is 12.2 Å². The van der Waals surface area contributed by atoms with E-state index in [1.807, 2.05) is 0 Å². The Morgan fingerprint density at radius 1 is 1.26 bits per heavy atom. The molecule has 0 fully saturated rings. The molecule has 2 rings (SSSR count). The molecule has 0 aliphatic carbocycles. The molecule has 1 aromatic heterocycles. The van der Waals surface area contributed by atoms with Gasteiger partial charge >= 0.3 is 6.18 Å². The van der Waals surface area contributed by atoms with Gasteiger partial charge in [0.05, 0.1) is 5.01 Å². The van der Waals surface area contributed by atoms with Gasteiger partial charge in [0.2, 0.25) is 0 Å². The molecule has 0 radical (unpaired) electrons. The van der Waals surface area contributed by atoms with E-state index in [1.54, 1.807) is 23.7 Å². The quantitative estimate of drug-likeness (QED) is 0.666. The number of anilines is 1. The van der Waals surface area contributed by atoms with E-state index in [4.69, 9.17) is 5.73 Å². The lowest BCUT2D eigenvalue weighted by Gasteiger charge is -2.11. The Bertz CT molecular complexity index is 811. The van der Waals surface area contributed by atoms with Crippen molar-refractivity contribution in [3.05, 3.63) is 45.4 Å². The summed E-state index contributed by atoms with van der Waals surface area (Å²) in [7, 11) is 0. The number of thiazole rings is 1. The second kappa shape index (κ2) is 9.67. The summed E-state index contributed by atoms with van der Waals surface area (Å²) in [4.78, 5) is 28.3. The molecule has 6 nitrogen and oxygen atoms in total. The van der Waals surface area contributed by atoms with Crippen molar-refractivity contribution in [3.8, 4) is 0 Å². The Morgan fingerprint density at radius 3 is 2.59 bits per heavy atom. The third kappa shape index (κ3) is 6.81. The van der Waals surface area contributed by atoms with Gasteiger partial charge in [0.15, 0.2) is 0 Å². The first kappa shape index (κ1) is 22.9. The second-order valence-electron chi connectivity index (χ2n) is 5.45. The third-order valence-corrected chi connectivity index (χ3v) is 4.25. The highest BCUT2D eigenvalue weighted by Gasteiger charge is 2.28. The Hall–Kier alpha value is -2.17. The number of alkyl halides is 3. The summed E-state index contributed by atoms with van der Waals surface area (Å²) in [6.45, 7) is 0.695. The molecule has 2 aromatic rings. The third-order valence-electron chi connectivity index (χ3n) is 3.34. The lowest BCUT2D eigenvalue weighted by atomic mass is 10.1. The molecule has 1 heterocycles. The van der Waals surface area contributed by atoms with Crippen LogP contribution in [0.2, 0.25) is 0 Å². The van der Waals surface area contributed by atoms with Crippen molar-refractivity contribution in [1.82, 2.24) is 10.3 Å². The van der Waals surface area contributed by atoms with E-state index >= 15 is 0 Å². The van der Waals surface area contributed by atoms with Crippen molar-refractivity contribution < 1.29 is 22.8 Å². The van der Waals surface area contributed by atoms with E-state index in [9.17, 15) is 22.8 Å². The number of hydrogen-bond donors (Lipinski definition) is 3. The van der Waals surface area contributed by atoms with Crippen LogP contribution in [0, 0.1) is 6.92 Å². The Balaban J connectivity index is 0.00000364. The van der Waals surface area contributed by atoms with Gasteiger partial charge in [-0.2, -0.15) is 13.2 Å². The Labute approximate surface area is 163 Å². The zero-order valence-electron chi connectivity index (χ0n) is 14.2. The van der Waals surface area contributed by atoms with Gasteiger partial charge in [-0.05, 0) is 31.2 Å². The number of halogens is 4. The van der Waals surface area contributed by atoms with Crippen LogP contribution in [0.25, 0.3) is 0 Å². The first-order valence-corrected chi connectivity index (χ1v) is 8.49. The molecule has 0 saturated heterocycles. The van der Waals surface area contributed by atoms with Crippen LogP contribution < -0.4 is 16.4 Å². The molecule has 1 aromatic carbocycles. The fraction of sp³-hybridized carbons (Fsp3) is 0.312. The van der Waals surface area contributed by atoms with E-state index in [0.29, 0.717) is 24.2 Å². The number of aryl methyl sites for hydroxylation is 1. The molecule has 27 heavy (non-hydrogen) atoms. The van der Waals surface area contributed by atoms with Crippen LogP contribution in [-0.2, 0) is 6.42 Å². The number of benzene rings is 1. The smallest absolute Gasteiger partial charge is 0.343 e. The zero-order valence-corrected chi connectivity index (χ0v) is 15.9. The molecule has 0 bridgehead atoms. The second-order valence-corrected chi connectivity index (χ2v) is 6.39. The number of carbonyl (C=O) groups excluding carboxylic acids is 2. The van der Waals surface area contributed by atoms with Gasteiger partial charge in [-0.3, -0.25) is 9.59 Å². The lowest BCUT2D eigenvalue weighted by Crippen LogP contribution is -2.33. The van der Waals surface area contributed by atoms with Crippen LogP contribution >= 0.6 is 23.7 Å². The molecular weight excluding hydrogens is 405 g/mol. The summed E-state index contributed by atoms with van der Waals surface area (Å²) < 4.78 is 36.6. The molecule has 0 aliphatic rings. The number of nitrogens with two attached hydrogens (primary N) is 1. The summed E-state index contributed by atoms with van der Waals surface area (Å²) in [5.74, 6) is -1.35. The number of carbonyl (C=O) groups is 2. The number of hydrogen-bond acceptors (Lipinski definition) is 5. The van der Waals surface area contributed by atoms with Gasteiger partial charge in [-0.1, -0.05) is 6.07 Å². The van der Waals surface area contributed by atoms with Crippen LogP contribution in [0.3, 0.4) is 0 Å². The van der Waals surface area contributed by atoms with Gasteiger partial charge in [0.25, 0.3) is 11.8 Å². The van der Waals surface area contributed by atoms with Crippen molar-refractivity contribution in [2.75, 3.05) is 18.4 Å². The molecule has 0 atom stereocenters. The van der Waals surface area contributed by atoms with Crippen LogP contribution in [0.5, 0.6) is 0 Å². The number of amides is 2. The van der Waals surface area contributed by atoms with E-state index in [2.05, 4.69) is 10.3 Å². The monoisotopic (exact) mass is 422 g/mol. The normalized spacial score (nSPS) is 10.9. The average molecular weight is 423 g/mol. The van der Waals surface area contributed by atoms with Gasteiger partial charge < -0.3 is 16.4 Å². The molecular formula is C16H18ClF3N4O2S. The van der Waals surface area contributed by atoms with Crippen LogP contribution in [-0.4, -0.2) is 36.1 Å². The van der Waals surface area contributed by atoms with E-state index in [0.717, 1.165) is 5.01 Å². The number of aromatic nitrogens is 1. The standard InChI is InChI=1S/C16H17F3N4O2S.ClH/c1-9-2-3-10(14(24)21-8-16(17,18)19)6-11(9)23-15(25)12-7-26-13(22-12)4-5-20;/h2-3,6-7H,4-5,8,20H2,1H3,(H,21,24)(H,23,25);1H. The molecule has 0 aliphatic heterocycles. The van der Waals surface area contributed by atoms with Crippen molar-refractivity contribution >= 4 is 41.2 Å². The first-order valence-electron chi connectivity index (χ1n) is 7.61. The van der Waals surface area contributed by atoms with Crippen molar-refractivity contribution in [2.45, 2.75) is 19.5 Å². The summed E-state index contributed by atoms with van der Waals surface area (Å²) in [6, 6.07) is 4.25. The maximum absolute atomic E-state index is 12.3. The molecule has 2 amide bonds. The van der Waals surface area contributed by atoms with Gasteiger partial charge in [-0.15, -0.1) is 23.7 Å². The number of nitrogens with zero attached hydrogens (tertiary/aromatic N) is 1. The summed E-state index contributed by atoms with van der Waals surface area (Å²) in [6.07, 6.45) is -3.94. The van der Waals surface area contributed by atoms with Crippen molar-refractivity contribution in [1.29, 1.82) is 0 Å². The highest BCUT2D eigenvalue weighted by atomic mass is 35.5. The summed E-state index contributed by atoms with van der Waals surface area (Å²) >= 11 is 1.31. The van der Waals surface area contributed by atoms with Crippen LogP contribution in [0.1, 0.15) is 31.4 Å². The van der Waals surface area contributed by atoms with E-state index in [-0.39, 0.29) is 23.7 Å². The Morgan fingerprint density at radius 2 is 1.96 bits per heavy atom. The minimum atomic E-state index is -4.50. The fourth-order valence-electron chi connectivity index (χ4n) is 2.02. The Kier molecular flexibility index (Phi) is 8.20. The van der Waals surface area contributed by atoms with Gasteiger partial charge in [-0.25, -0.2) is 4.98 Å². The molecule has 4 N–H and O–H groups in total. The molecule has 11 heteroatoms. The van der Waals surface area contributed by atoms with Crippen LogP contribution in [0.15, 0.2) is 23.6 Å². The highest BCUT2D eigenvalue weighted by Crippen LogP contribution is 2.19. The highest BCUT2D eigenvalue weighted by molar-refractivity contribution is 7.09. The van der Waals surface area contributed by atoms with Crippen molar-refractivity contribution in [3.63, 3.8) is 0 Å². The summed E-state index contributed by atoms with van der Waals surface area (Å²) in [5, 5.41) is 6.73. The number of nitrogens with one attached hydrogen (secondary N) is 2. The van der Waals surface area contributed by atoms with E-state index in [1.165, 1.54) is 23.5 Å². The predicted molar refractivity (Wildman–Crippen MR) is 99.6 cm³/mol. The van der Waals surface area contributed by atoms with Gasteiger partial charge in [0, 0.05) is 23.1 Å². The summed E-state index contributed by atoms with van der Waals surface area (Å²) in [5.41, 5.74) is 6.65. The number of rotatable bonds is 6. The van der Waals surface area contributed by atoms with E-state index < -0.39 is 24.5 Å². The van der Waals surface area contributed by atoms with Crippen molar-refractivity contribution in [2.24, 2.45) is 5.73 Å². The first-order chi connectivity index (χ1) is 12.2. The minimum Gasteiger partial charge on any atom is -0.343 e. The maximum Gasteiger partial charge on any atom is 0.405 e. The fourth-order valence-corrected chi connectivity index (χ4v) is 2.81. The molecule has 0 unspecified atom stereocenters. The topological polar surface area (TPSA) is 97.1 Å². The molecule has 148 valence electrons. The van der Waals surface area contributed by atoms with Crippen LogP contribution in [0.4, 0.5) is 18.9 Å².